The van der Waals surface area contributed by atoms with Crippen LogP contribution in [0.4, 0.5) is 4.39 Å². The summed E-state index contributed by atoms with van der Waals surface area (Å²) in [6, 6.07) is 5.62. The highest BCUT2D eigenvalue weighted by Gasteiger charge is 2.11. The van der Waals surface area contributed by atoms with Gasteiger partial charge in [0.2, 0.25) is 0 Å². The van der Waals surface area contributed by atoms with Crippen LogP contribution in [0, 0.1) is 17.1 Å². The molecule has 0 radical (unpaired) electrons. The summed E-state index contributed by atoms with van der Waals surface area (Å²) < 4.78 is 17.8. The van der Waals surface area contributed by atoms with Gasteiger partial charge in [-0.15, -0.1) is 12.4 Å². The molecule has 15 heavy (non-hydrogen) atoms. The summed E-state index contributed by atoms with van der Waals surface area (Å²) in [6.07, 6.45) is 0.183. The van der Waals surface area contributed by atoms with Crippen molar-refractivity contribution in [3.05, 3.63) is 29.6 Å². The Hall–Kier alpha value is -1.31. The number of nitrogens with zero attached hydrogens (tertiary/aromatic N) is 1. The largest absolute Gasteiger partial charge is 0.496 e. The number of methoxy groups -OCH3 is 1. The predicted molar refractivity (Wildman–Crippen MR) is 57.4 cm³/mol. The van der Waals surface area contributed by atoms with Crippen molar-refractivity contribution in [2.45, 2.75) is 12.5 Å². The van der Waals surface area contributed by atoms with Crippen molar-refractivity contribution in [3.63, 3.8) is 0 Å². The van der Waals surface area contributed by atoms with Crippen LogP contribution in [-0.4, -0.2) is 7.11 Å². The fraction of sp³-hybridized carbons (Fsp3) is 0.300. The second kappa shape index (κ2) is 6.23. The molecule has 0 heterocycles. The van der Waals surface area contributed by atoms with Crippen molar-refractivity contribution in [2.75, 3.05) is 7.11 Å². The second-order valence-electron chi connectivity index (χ2n) is 2.86. The van der Waals surface area contributed by atoms with Crippen molar-refractivity contribution in [1.82, 2.24) is 0 Å². The second-order valence-corrected chi connectivity index (χ2v) is 2.86. The van der Waals surface area contributed by atoms with Gasteiger partial charge in [0.05, 0.1) is 19.6 Å². The lowest BCUT2D eigenvalue weighted by molar-refractivity contribution is 0.402. The molecule has 2 N–H and O–H groups in total. The van der Waals surface area contributed by atoms with E-state index in [-0.39, 0.29) is 24.6 Å². The zero-order valence-electron chi connectivity index (χ0n) is 8.24. The SMILES string of the molecule is COc1cc(F)ccc1[C@H](N)CC#N.Cl. The molecule has 82 valence electrons. The number of nitrogens with two attached hydrogens (primary N) is 1. The molecule has 0 aliphatic rings. The van der Waals surface area contributed by atoms with Gasteiger partial charge in [-0.25, -0.2) is 4.39 Å². The maximum atomic E-state index is 12.8. The number of halogens is 2. The summed E-state index contributed by atoms with van der Waals surface area (Å²) >= 11 is 0. The highest BCUT2D eigenvalue weighted by atomic mass is 35.5. The van der Waals surface area contributed by atoms with Gasteiger partial charge in [0.25, 0.3) is 0 Å². The molecule has 0 aromatic heterocycles. The molecule has 5 heteroatoms. The summed E-state index contributed by atoms with van der Waals surface area (Å²) in [6.45, 7) is 0. The number of ether oxygens (including phenoxy) is 1. The number of hydrogen-bond acceptors (Lipinski definition) is 3. The van der Waals surface area contributed by atoms with Gasteiger partial charge in [0.15, 0.2) is 0 Å². The Balaban J connectivity index is 0.00000196. The molecular weight excluding hydrogens is 219 g/mol. The van der Waals surface area contributed by atoms with Crippen molar-refractivity contribution in [3.8, 4) is 11.8 Å². The highest BCUT2D eigenvalue weighted by Crippen LogP contribution is 2.25. The number of rotatable bonds is 3. The van der Waals surface area contributed by atoms with Crippen LogP contribution in [0.5, 0.6) is 5.75 Å². The first-order chi connectivity index (χ1) is 6.69. The van der Waals surface area contributed by atoms with E-state index >= 15 is 0 Å². The van der Waals surface area contributed by atoms with E-state index in [0.717, 1.165) is 0 Å². The van der Waals surface area contributed by atoms with Crippen LogP contribution in [0.15, 0.2) is 18.2 Å². The van der Waals surface area contributed by atoms with Gasteiger partial charge >= 0.3 is 0 Å². The van der Waals surface area contributed by atoms with E-state index in [1.54, 1.807) is 0 Å². The zero-order chi connectivity index (χ0) is 10.6. The fourth-order valence-electron chi connectivity index (χ4n) is 1.20. The molecule has 1 rings (SSSR count). The van der Waals surface area contributed by atoms with Gasteiger partial charge in [-0.05, 0) is 6.07 Å². The van der Waals surface area contributed by atoms with Crippen LogP contribution in [0.2, 0.25) is 0 Å². The molecule has 0 aliphatic heterocycles. The summed E-state index contributed by atoms with van der Waals surface area (Å²) in [5, 5.41) is 8.47. The Labute approximate surface area is 94.1 Å². The van der Waals surface area contributed by atoms with Crippen LogP contribution in [0.1, 0.15) is 18.0 Å². The topological polar surface area (TPSA) is 59.0 Å². The normalized spacial score (nSPS) is 11.1. The Morgan fingerprint density at radius 1 is 1.60 bits per heavy atom. The maximum absolute atomic E-state index is 12.8. The number of hydrogen-bond donors (Lipinski definition) is 1. The van der Waals surface area contributed by atoms with Crippen molar-refractivity contribution in [2.24, 2.45) is 5.73 Å². The number of benzene rings is 1. The van der Waals surface area contributed by atoms with Gasteiger partial charge < -0.3 is 10.5 Å². The molecule has 0 bridgehead atoms. The van der Waals surface area contributed by atoms with Crippen LogP contribution < -0.4 is 10.5 Å². The summed E-state index contributed by atoms with van der Waals surface area (Å²) in [5.41, 5.74) is 6.36. The molecule has 0 saturated carbocycles. The van der Waals surface area contributed by atoms with Gasteiger partial charge in [0.1, 0.15) is 11.6 Å². The molecule has 0 unspecified atom stereocenters. The maximum Gasteiger partial charge on any atom is 0.126 e. The van der Waals surface area contributed by atoms with E-state index in [0.29, 0.717) is 11.3 Å². The third-order valence-electron chi connectivity index (χ3n) is 1.91. The van der Waals surface area contributed by atoms with Crippen LogP contribution >= 0.6 is 12.4 Å². The molecule has 0 aliphatic carbocycles. The molecule has 1 aromatic carbocycles. The molecular formula is C10H12ClFN2O. The lowest BCUT2D eigenvalue weighted by Gasteiger charge is -2.12. The van der Waals surface area contributed by atoms with Crippen LogP contribution in [0.3, 0.4) is 0 Å². The predicted octanol–water partition coefficient (Wildman–Crippen LogP) is 2.17. The standard InChI is InChI=1S/C10H11FN2O.ClH/c1-14-10-6-7(11)2-3-8(10)9(13)4-5-12;/h2-3,6,9H,4,13H2,1H3;1H/t9-;/m1./s1. The lowest BCUT2D eigenvalue weighted by Crippen LogP contribution is -2.10. The average Bonchev–Trinajstić information content (AvgIpc) is 2.17. The lowest BCUT2D eigenvalue weighted by atomic mass is 10.0. The van der Waals surface area contributed by atoms with E-state index in [1.165, 1.54) is 25.3 Å². The van der Waals surface area contributed by atoms with Crippen molar-refractivity contribution in [1.29, 1.82) is 5.26 Å². The van der Waals surface area contributed by atoms with E-state index < -0.39 is 6.04 Å². The smallest absolute Gasteiger partial charge is 0.126 e. The van der Waals surface area contributed by atoms with E-state index in [4.69, 9.17) is 15.7 Å². The summed E-state index contributed by atoms with van der Waals surface area (Å²) in [4.78, 5) is 0. The van der Waals surface area contributed by atoms with Crippen molar-refractivity contribution >= 4 is 12.4 Å². The van der Waals surface area contributed by atoms with Crippen LogP contribution in [0.25, 0.3) is 0 Å². The minimum absolute atomic E-state index is 0. The highest BCUT2D eigenvalue weighted by molar-refractivity contribution is 5.85. The van der Waals surface area contributed by atoms with Gasteiger partial charge in [-0.2, -0.15) is 5.26 Å². The molecule has 0 amide bonds. The first-order valence-electron chi connectivity index (χ1n) is 4.15. The van der Waals surface area contributed by atoms with Gasteiger partial charge in [0, 0.05) is 17.7 Å². The Morgan fingerprint density at radius 2 is 2.27 bits per heavy atom. The molecule has 3 nitrogen and oxygen atoms in total. The minimum atomic E-state index is -0.435. The molecule has 0 spiro atoms. The molecule has 0 fully saturated rings. The Morgan fingerprint density at radius 3 is 2.80 bits per heavy atom. The molecule has 1 aromatic rings. The minimum Gasteiger partial charge on any atom is -0.496 e. The Bertz CT molecular complexity index is 365. The third-order valence-corrected chi connectivity index (χ3v) is 1.91. The van der Waals surface area contributed by atoms with E-state index in [1.807, 2.05) is 6.07 Å². The average molecular weight is 231 g/mol. The molecule has 1 atom stereocenters. The quantitative estimate of drug-likeness (QED) is 0.866. The zero-order valence-corrected chi connectivity index (χ0v) is 9.05. The molecule has 0 saturated heterocycles. The first-order valence-corrected chi connectivity index (χ1v) is 4.15. The van der Waals surface area contributed by atoms with Gasteiger partial charge in [-0.3, -0.25) is 0 Å². The summed E-state index contributed by atoms with van der Waals surface area (Å²) in [7, 11) is 1.44. The Kier molecular flexibility index (Phi) is 5.68. The monoisotopic (exact) mass is 230 g/mol. The van der Waals surface area contributed by atoms with E-state index in [9.17, 15) is 4.39 Å². The van der Waals surface area contributed by atoms with E-state index in [2.05, 4.69) is 0 Å². The van der Waals surface area contributed by atoms with Crippen molar-refractivity contribution < 1.29 is 9.13 Å². The van der Waals surface area contributed by atoms with Crippen LogP contribution in [-0.2, 0) is 0 Å². The first kappa shape index (κ1) is 13.7. The fourth-order valence-corrected chi connectivity index (χ4v) is 1.20. The number of nitriles is 1. The van der Waals surface area contributed by atoms with Gasteiger partial charge in [-0.1, -0.05) is 6.07 Å². The third kappa shape index (κ3) is 3.39. The summed E-state index contributed by atoms with van der Waals surface area (Å²) in [5.74, 6) is 0.00232.